The predicted octanol–water partition coefficient (Wildman–Crippen LogP) is 2.50. The first-order valence-corrected chi connectivity index (χ1v) is 9.38. The molecule has 7 nitrogen and oxygen atoms in total. The molecule has 0 spiro atoms. The molecule has 8 heteroatoms. The predicted molar refractivity (Wildman–Crippen MR) is 101 cm³/mol. The van der Waals surface area contributed by atoms with Crippen LogP contribution >= 0.6 is 0 Å². The molecule has 0 amide bonds. The highest BCUT2D eigenvalue weighted by molar-refractivity contribution is 7.89. The second kappa shape index (κ2) is 8.98. The molecule has 0 aliphatic rings. The Labute approximate surface area is 158 Å². The maximum Gasteiger partial charge on any atom is 0.350 e. The lowest BCUT2D eigenvalue weighted by atomic mass is 10.2. The molecule has 0 aromatic heterocycles. The van der Waals surface area contributed by atoms with E-state index in [4.69, 9.17) is 5.26 Å². The lowest BCUT2D eigenvalue weighted by Crippen LogP contribution is -2.26. The molecule has 1 N–H and O–H groups in total. The van der Waals surface area contributed by atoms with Crippen molar-refractivity contribution in [2.24, 2.45) is 0 Å². The average molecular weight is 385 g/mol. The minimum Gasteiger partial charge on any atom is -0.465 e. The maximum atomic E-state index is 12.7. The van der Waals surface area contributed by atoms with Crippen LogP contribution in [-0.4, -0.2) is 32.8 Å². The number of rotatable bonds is 7. The van der Waals surface area contributed by atoms with E-state index in [0.29, 0.717) is 5.69 Å². The molecule has 0 saturated heterocycles. The zero-order chi connectivity index (χ0) is 19.9. The molecule has 2 aromatic rings. The molecule has 0 bridgehead atoms. The van der Waals surface area contributed by atoms with E-state index >= 15 is 0 Å². The van der Waals surface area contributed by atoms with Gasteiger partial charge in [0.15, 0.2) is 5.57 Å². The fourth-order valence-corrected chi connectivity index (χ4v) is 3.39. The first kappa shape index (κ1) is 20.2. The number of nitrogens with one attached hydrogen (secondary N) is 1. The van der Waals surface area contributed by atoms with Crippen LogP contribution in [-0.2, 0) is 26.1 Å². The number of esters is 1. The second-order valence-corrected chi connectivity index (χ2v) is 7.62. The zero-order valence-electron chi connectivity index (χ0n) is 14.9. The van der Waals surface area contributed by atoms with E-state index in [1.165, 1.54) is 36.8 Å². The molecular formula is C19H19N3O4S. The Morgan fingerprint density at radius 1 is 1.19 bits per heavy atom. The molecule has 27 heavy (non-hydrogen) atoms. The summed E-state index contributed by atoms with van der Waals surface area (Å²) in [5, 5.41) is 11.7. The monoisotopic (exact) mass is 385 g/mol. The SMILES string of the molecule is COC(=O)/C(C#N)=C\Nc1ccc(S(=O)(=O)N(C)Cc2ccccc2)cc1. The van der Waals surface area contributed by atoms with Crippen LogP contribution in [0.15, 0.2) is 71.3 Å². The molecule has 140 valence electrons. The fraction of sp³-hybridized carbons (Fsp3) is 0.158. The van der Waals surface area contributed by atoms with Gasteiger partial charge in [0.25, 0.3) is 0 Å². The van der Waals surface area contributed by atoms with Gasteiger partial charge in [-0.05, 0) is 29.8 Å². The van der Waals surface area contributed by atoms with Gasteiger partial charge in [-0.1, -0.05) is 30.3 Å². The highest BCUT2D eigenvalue weighted by Crippen LogP contribution is 2.19. The number of anilines is 1. The summed E-state index contributed by atoms with van der Waals surface area (Å²) < 4.78 is 31.1. The number of nitriles is 1. The van der Waals surface area contributed by atoms with Crippen molar-refractivity contribution in [1.29, 1.82) is 5.26 Å². The minimum absolute atomic E-state index is 0.143. The molecule has 0 heterocycles. The summed E-state index contributed by atoms with van der Waals surface area (Å²) in [6.45, 7) is 0.260. The number of nitrogens with zero attached hydrogens (tertiary/aromatic N) is 2. The molecule has 0 aliphatic heterocycles. The van der Waals surface area contributed by atoms with Crippen LogP contribution in [0.25, 0.3) is 0 Å². The normalized spacial score (nSPS) is 11.7. The fourth-order valence-electron chi connectivity index (χ4n) is 2.23. The third-order valence-corrected chi connectivity index (χ3v) is 5.54. The summed E-state index contributed by atoms with van der Waals surface area (Å²) in [5.74, 6) is -0.758. The molecule has 0 unspecified atom stereocenters. The Kier molecular flexibility index (Phi) is 6.71. The van der Waals surface area contributed by atoms with E-state index in [9.17, 15) is 13.2 Å². The minimum atomic E-state index is -3.64. The third kappa shape index (κ3) is 5.17. The van der Waals surface area contributed by atoms with Gasteiger partial charge in [-0.25, -0.2) is 13.2 Å². The topological polar surface area (TPSA) is 99.5 Å². The summed E-state index contributed by atoms with van der Waals surface area (Å²) in [7, 11) is -0.943. The number of sulfonamides is 1. The van der Waals surface area contributed by atoms with Gasteiger partial charge in [-0.3, -0.25) is 0 Å². The average Bonchev–Trinajstić information content (AvgIpc) is 2.69. The number of methoxy groups -OCH3 is 1. The number of carbonyl (C=O) groups excluding carboxylic acids is 1. The Balaban J connectivity index is 2.12. The van der Waals surface area contributed by atoms with Crippen molar-refractivity contribution in [3.63, 3.8) is 0 Å². The third-order valence-electron chi connectivity index (χ3n) is 3.72. The molecule has 0 radical (unpaired) electrons. The summed E-state index contributed by atoms with van der Waals surface area (Å²) in [6, 6.07) is 17.0. The first-order valence-electron chi connectivity index (χ1n) is 7.94. The zero-order valence-corrected chi connectivity index (χ0v) is 15.7. The smallest absolute Gasteiger partial charge is 0.350 e. The highest BCUT2D eigenvalue weighted by atomic mass is 32.2. The van der Waals surface area contributed by atoms with E-state index in [1.807, 2.05) is 30.3 Å². The number of benzene rings is 2. The largest absolute Gasteiger partial charge is 0.465 e. The van der Waals surface area contributed by atoms with E-state index < -0.39 is 16.0 Å². The van der Waals surface area contributed by atoms with Gasteiger partial charge < -0.3 is 10.1 Å². The molecule has 2 aromatic carbocycles. The van der Waals surface area contributed by atoms with Crippen LogP contribution in [0.5, 0.6) is 0 Å². The van der Waals surface area contributed by atoms with Gasteiger partial charge in [0.1, 0.15) is 6.07 Å². The molecular weight excluding hydrogens is 366 g/mol. The Morgan fingerprint density at radius 3 is 2.37 bits per heavy atom. The van der Waals surface area contributed by atoms with Crippen LogP contribution in [0.2, 0.25) is 0 Å². The van der Waals surface area contributed by atoms with Crippen molar-refractivity contribution in [2.75, 3.05) is 19.5 Å². The van der Waals surface area contributed by atoms with Crippen LogP contribution in [0.3, 0.4) is 0 Å². The highest BCUT2D eigenvalue weighted by Gasteiger charge is 2.20. The standard InChI is InChI=1S/C19H19N3O4S/c1-22(14-15-6-4-3-5-7-15)27(24,25)18-10-8-17(9-11-18)21-13-16(12-20)19(23)26-2/h3-11,13,21H,14H2,1-2H3/b16-13-. The van der Waals surface area contributed by atoms with Crippen molar-refractivity contribution >= 4 is 21.7 Å². The van der Waals surface area contributed by atoms with Crippen LogP contribution in [0.4, 0.5) is 5.69 Å². The van der Waals surface area contributed by atoms with E-state index in [0.717, 1.165) is 5.56 Å². The van der Waals surface area contributed by atoms with Gasteiger partial charge in [-0.2, -0.15) is 9.57 Å². The number of ether oxygens (including phenoxy) is 1. The Bertz CT molecular complexity index is 962. The van der Waals surface area contributed by atoms with Crippen molar-refractivity contribution in [1.82, 2.24) is 4.31 Å². The van der Waals surface area contributed by atoms with Crippen molar-refractivity contribution in [3.05, 3.63) is 71.9 Å². The van der Waals surface area contributed by atoms with Crippen LogP contribution in [0.1, 0.15) is 5.56 Å². The molecule has 0 atom stereocenters. The van der Waals surface area contributed by atoms with Crippen molar-refractivity contribution in [2.45, 2.75) is 11.4 Å². The lowest BCUT2D eigenvalue weighted by Gasteiger charge is -2.17. The summed E-state index contributed by atoms with van der Waals surface area (Å²) in [5.41, 5.74) is 1.21. The molecule has 0 aliphatic carbocycles. The number of hydrogen-bond donors (Lipinski definition) is 1. The van der Waals surface area contributed by atoms with Gasteiger partial charge in [-0.15, -0.1) is 0 Å². The summed E-state index contributed by atoms with van der Waals surface area (Å²) in [6.07, 6.45) is 1.21. The first-order chi connectivity index (χ1) is 12.9. The van der Waals surface area contributed by atoms with Crippen molar-refractivity contribution < 1.29 is 17.9 Å². The summed E-state index contributed by atoms with van der Waals surface area (Å²) >= 11 is 0. The van der Waals surface area contributed by atoms with Crippen LogP contribution < -0.4 is 5.32 Å². The molecule has 2 rings (SSSR count). The van der Waals surface area contributed by atoms with Gasteiger partial charge >= 0.3 is 5.97 Å². The molecule has 0 fully saturated rings. The lowest BCUT2D eigenvalue weighted by molar-refractivity contribution is -0.135. The van der Waals surface area contributed by atoms with Gasteiger partial charge in [0.2, 0.25) is 10.0 Å². The second-order valence-electron chi connectivity index (χ2n) is 5.58. The van der Waals surface area contributed by atoms with E-state index in [2.05, 4.69) is 10.1 Å². The number of hydrogen-bond acceptors (Lipinski definition) is 6. The van der Waals surface area contributed by atoms with Crippen molar-refractivity contribution in [3.8, 4) is 6.07 Å². The maximum absolute atomic E-state index is 12.7. The van der Waals surface area contributed by atoms with Crippen LogP contribution in [0, 0.1) is 11.3 Å². The number of carbonyl (C=O) groups is 1. The van der Waals surface area contributed by atoms with E-state index in [1.54, 1.807) is 18.2 Å². The Hall–Kier alpha value is -3.15. The van der Waals surface area contributed by atoms with E-state index in [-0.39, 0.29) is 17.0 Å². The molecule has 0 saturated carbocycles. The van der Waals surface area contributed by atoms with Gasteiger partial charge in [0.05, 0.1) is 12.0 Å². The van der Waals surface area contributed by atoms with Gasteiger partial charge in [0, 0.05) is 25.5 Å². The summed E-state index contributed by atoms with van der Waals surface area (Å²) in [4.78, 5) is 11.5. The quantitative estimate of drug-likeness (QED) is 0.447. The Morgan fingerprint density at radius 2 is 1.81 bits per heavy atom.